The average molecular weight is 281 g/mol. The molecule has 110 valence electrons. The van der Waals surface area contributed by atoms with E-state index >= 15 is 0 Å². The minimum atomic E-state index is 0.596. The van der Waals surface area contributed by atoms with E-state index in [1.807, 2.05) is 12.1 Å². The highest BCUT2D eigenvalue weighted by atomic mass is 16.5. The van der Waals surface area contributed by atoms with E-state index in [4.69, 9.17) is 4.74 Å². The topological polar surface area (TPSA) is 21.3 Å². The van der Waals surface area contributed by atoms with E-state index in [1.54, 1.807) is 7.11 Å². The molecule has 1 atom stereocenters. The Bertz CT molecular complexity index is 603. The van der Waals surface area contributed by atoms with Crippen molar-refractivity contribution in [2.45, 2.75) is 25.7 Å². The van der Waals surface area contributed by atoms with Crippen LogP contribution in [0.4, 0.5) is 0 Å². The lowest BCUT2D eigenvalue weighted by molar-refractivity contribution is 0.414. The van der Waals surface area contributed by atoms with Gasteiger partial charge < -0.3 is 10.1 Å². The number of ether oxygens (including phenoxy) is 1. The summed E-state index contributed by atoms with van der Waals surface area (Å²) in [5, 5.41) is 3.51. The quantitative estimate of drug-likeness (QED) is 0.929. The molecule has 0 saturated carbocycles. The van der Waals surface area contributed by atoms with Crippen LogP contribution in [0, 0.1) is 0 Å². The first-order valence-corrected chi connectivity index (χ1v) is 7.71. The molecule has 0 fully saturated rings. The first kappa shape index (κ1) is 14.2. The zero-order valence-corrected chi connectivity index (χ0v) is 12.9. The first-order chi connectivity index (χ1) is 10.3. The van der Waals surface area contributed by atoms with E-state index in [-0.39, 0.29) is 0 Å². The van der Waals surface area contributed by atoms with E-state index < -0.39 is 0 Å². The summed E-state index contributed by atoms with van der Waals surface area (Å²) < 4.78 is 5.21. The van der Waals surface area contributed by atoms with Crippen molar-refractivity contribution in [1.82, 2.24) is 5.32 Å². The zero-order chi connectivity index (χ0) is 14.7. The maximum Gasteiger partial charge on any atom is 0.118 e. The molecule has 0 unspecified atom stereocenters. The fraction of sp³-hybridized carbons (Fsp3) is 0.368. The van der Waals surface area contributed by atoms with Crippen molar-refractivity contribution in [3.05, 3.63) is 64.7 Å². The lowest BCUT2D eigenvalue weighted by Gasteiger charge is -2.14. The molecule has 2 aromatic carbocycles. The third-order valence-electron chi connectivity index (χ3n) is 4.33. The molecule has 3 rings (SSSR count). The third kappa shape index (κ3) is 3.27. The number of methoxy groups -OCH3 is 1. The second-order valence-electron chi connectivity index (χ2n) is 5.91. The van der Waals surface area contributed by atoms with Gasteiger partial charge in [-0.15, -0.1) is 0 Å². The molecular formula is C19H23NO. The van der Waals surface area contributed by atoms with Gasteiger partial charge in [-0.1, -0.05) is 37.3 Å². The van der Waals surface area contributed by atoms with Gasteiger partial charge in [0, 0.05) is 6.54 Å². The van der Waals surface area contributed by atoms with Crippen LogP contribution in [-0.2, 0) is 12.8 Å². The molecule has 1 heterocycles. The second-order valence-corrected chi connectivity index (χ2v) is 5.91. The molecule has 0 spiro atoms. The molecule has 0 saturated heterocycles. The van der Waals surface area contributed by atoms with Gasteiger partial charge in [-0.25, -0.2) is 0 Å². The molecule has 0 aromatic heterocycles. The van der Waals surface area contributed by atoms with Crippen LogP contribution < -0.4 is 10.1 Å². The summed E-state index contributed by atoms with van der Waals surface area (Å²) in [4.78, 5) is 0. The van der Waals surface area contributed by atoms with Crippen LogP contribution in [0.5, 0.6) is 5.75 Å². The minimum Gasteiger partial charge on any atom is -0.497 e. The van der Waals surface area contributed by atoms with Crippen LogP contribution in [0.25, 0.3) is 0 Å². The summed E-state index contributed by atoms with van der Waals surface area (Å²) >= 11 is 0. The highest BCUT2D eigenvalue weighted by Gasteiger charge is 2.14. The maximum atomic E-state index is 5.21. The fourth-order valence-corrected chi connectivity index (χ4v) is 3.07. The van der Waals surface area contributed by atoms with Crippen molar-refractivity contribution < 1.29 is 4.74 Å². The summed E-state index contributed by atoms with van der Waals surface area (Å²) in [6.45, 7) is 4.49. The van der Waals surface area contributed by atoms with E-state index in [0.29, 0.717) is 5.92 Å². The molecular weight excluding hydrogens is 258 g/mol. The smallest absolute Gasteiger partial charge is 0.118 e. The van der Waals surface area contributed by atoms with Crippen LogP contribution in [-0.4, -0.2) is 20.2 Å². The molecule has 0 bridgehead atoms. The van der Waals surface area contributed by atoms with Crippen LogP contribution in [0.1, 0.15) is 35.1 Å². The average Bonchev–Trinajstić information content (AvgIpc) is 2.70. The Morgan fingerprint density at radius 2 is 1.86 bits per heavy atom. The Morgan fingerprint density at radius 1 is 1.10 bits per heavy atom. The lowest BCUT2D eigenvalue weighted by atomic mass is 9.92. The Kier molecular flexibility index (Phi) is 4.26. The molecule has 2 heteroatoms. The van der Waals surface area contributed by atoms with E-state index in [9.17, 15) is 0 Å². The van der Waals surface area contributed by atoms with Gasteiger partial charge in [-0.05, 0) is 59.7 Å². The van der Waals surface area contributed by atoms with Gasteiger partial charge in [0.1, 0.15) is 5.75 Å². The second kappa shape index (κ2) is 6.31. The van der Waals surface area contributed by atoms with Crippen molar-refractivity contribution in [1.29, 1.82) is 0 Å². The largest absolute Gasteiger partial charge is 0.497 e. The SMILES string of the molecule is COc1ccc(Cc2ccc3c(c2)[C@H](C)CNCC3)cc1. The molecule has 1 N–H and O–H groups in total. The standard InChI is InChI=1S/C19H23NO/c1-14-13-20-10-9-17-6-3-16(12-19(14)17)11-15-4-7-18(21-2)8-5-15/h3-8,12,14,20H,9-11,13H2,1-2H3/t14-/m1/s1. The number of fused-ring (bicyclic) bond motifs is 1. The highest BCUT2D eigenvalue weighted by molar-refractivity contribution is 5.38. The maximum absolute atomic E-state index is 5.21. The summed E-state index contributed by atoms with van der Waals surface area (Å²) in [5.74, 6) is 1.51. The Hall–Kier alpha value is -1.80. The highest BCUT2D eigenvalue weighted by Crippen LogP contribution is 2.25. The number of rotatable bonds is 3. The van der Waals surface area contributed by atoms with Gasteiger partial charge in [0.2, 0.25) is 0 Å². The number of benzene rings is 2. The van der Waals surface area contributed by atoms with E-state index in [2.05, 4.69) is 42.6 Å². The van der Waals surface area contributed by atoms with Crippen LogP contribution >= 0.6 is 0 Å². The molecule has 0 aliphatic carbocycles. The number of hydrogen-bond acceptors (Lipinski definition) is 2. The summed E-state index contributed by atoms with van der Waals surface area (Å²) in [5.41, 5.74) is 5.75. The summed E-state index contributed by atoms with van der Waals surface area (Å²) in [6, 6.07) is 15.4. The molecule has 1 aliphatic rings. The molecule has 2 nitrogen and oxygen atoms in total. The van der Waals surface area contributed by atoms with E-state index in [1.165, 1.54) is 22.3 Å². The summed E-state index contributed by atoms with van der Waals surface area (Å²) in [7, 11) is 1.71. The van der Waals surface area contributed by atoms with Crippen molar-refractivity contribution in [2.24, 2.45) is 0 Å². The van der Waals surface area contributed by atoms with Crippen molar-refractivity contribution in [3.8, 4) is 5.75 Å². The van der Waals surface area contributed by atoms with Crippen LogP contribution in [0.3, 0.4) is 0 Å². The molecule has 1 aliphatic heterocycles. The first-order valence-electron chi connectivity index (χ1n) is 7.71. The Morgan fingerprint density at radius 3 is 2.62 bits per heavy atom. The number of hydrogen-bond donors (Lipinski definition) is 1. The predicted octanol–water partition coefficient (Wildman–Crippen LogP) is 3.54. The molecule has 2 aromatic rings. The minimum absolute atomic E-state index is 0.596. The fourth-order valence-electron chi connectivity index (χ4n) is 3.07. The Balaban J connectivity index is 1.82. The normalized spacial score (nSPS) is 17.9. The van der Waals surface area contributed by atoms with Gasteiger partial charge >= 0.3 is 0 Å². The predicted molar refractivity (Wildman–Crippen MR) is 87.2 cm³/mol. The lowest BCUT2D eigenvalue weighted by Crippen LogP contribution is -2.18. The summed E-state index contributed by atoms with van der Waals surface area (Å²) in [6.07, 6.45) is 2.12. The van der Waals surface area contributed by atoms with Gasteiger partial charge in [-0.3, -0.25) is 0 Å². The van der Waals surface area contributed by atoms with E-state index in [0.717, 1.165) is 31.7 Å². The third-order valence-corrected chi connectivity index (χ3v) is 4.33. The number of nitrogens with one attached hydrogen (secondary N) is 1. The molecule has 0 amide bonds. The van der Waals surface area contributed by atoms with Gasteiger partial charge in [-0.2, -0.15) is 0 Å². The van der Waals surface area contributed by atoms with Crippen LogP contribution in [0.15, 0.2) is 42.5 Å². The Labute approximate surface area is 127 Å². The van der Waals surface area contributed by atoms with Crippen molar-refractivity contribution in [3.63, 3.8) is 0 Å². The van der Waals surface area contributed by atoms with Gasteiger partial charge in [0.15, 0.2) is 0 Å². The van der Waals surface area contributed by atoms with Gasteiger partial charge in [0.05, 0.1) is 7.11 Å². The van der Waals surface area contributed by atoms with Crippen molar-refractivity contribution >= 4 is 0 Å². The molecule has 0 radical (unpaired) electrons. The zero-order valence-electron chi connectivity index (χ0n) is 12.9. The van der Waals surface area contributed by atoms with Gasteiger partial charge in [0.25, 0.3) is 0 Å². The van der Waals surface area contributed by atoms with Crippen molar-refractivity contribution in [2.75, 3.05) is 20.2 Å². The van der Waals surface area contributed by atoms with Crippen LogP contribution in [0.2, 0.25) is 0 Å². The monoisotopic (exact) mass is 281 g/mol. The molecule has 21 heavy (non-hydrogen) atoms.